The van der Waals surface area contributed by atoms with Crippen LogP contribution in [0.4, 0.5) is 0 Å². The first-order valence-electron chi connectivity index (χ1n) is 0.947. The molecular weight excluding hydrogens is 120 g/mol. The average Bonchev–Trinajstić information content (AvgIpc) is 1.39. The fraction of sp³-hybridized carbons (Fsp3) is 0. The van der Waals surface area contributed by atoms with Gasteiger partial charge in [0.2, 0.25) is 0 Å². The Balaban J connectivity index is -0.0000000400. The molecule has 0 saturated heterocycles. The normalized spacial score (nSPS) is 2.00. The zero-order valence-electron chi connectivity index (χ0n) is 3.60. The molecule has 5 heteroatoms. The average molecular weight is 122 g/mol. The van der Waals surface area contributed by atoms with Crippen LogP contribution < -0.4 is 0 Å². The first kappa shape index (κ1) is 15.8. The van der Waals surface area contributed by atoms with E-state index in [1.807, 2.05) is 0 Å². The van der Waals surface area contributed by atoms with Crippen LogP contribution in [-0.4, -0.2) is 37.7 Å². The van der Waals surface area contributed by atoms with E-state index in [0.29, 0.717) is 0 Å². The second-order valence-corrected chi connectivity index (χ2v) is 0.224. The van der Waals surface area contributed by atoms with E-state index in [1.54, 1.807) is 0 Å². The second-order valence-electron chi connectivity index (χ2n) is 0.224. The van der Waals surface area contributed by atoms with Crippen molar-refractivity contribution in [1.82, 2.24) is 0 Å². The van der Waals surface area contributed by atoms with Crippen LogP contribution in [0.1, 0.15) is 0 Å². The van der Waals surface area contributed by atoms with Gasteiger partial charge in [0.1, 0.15) is 0 Å². The SMILES string of the molecule is N#C[NH-].N#C[NH-].[Ca+2]. The Bertz CT molecular complexity index is 64.7. The molecule has 0 amide bonds. The molecule has 0 heterocycles. The molecule has 0 aliphatic heterocycles. The molecule has 0 rings (SSSR count). The molecule has 0 aliphatic rings. The molecule has 0 unspecified atom stereocenters. The molecule has 0 fully saturated rings. The van der Waals surface area contributed by atoms with Gasteiger partial charge in [0.25, 0.3) is 0 Å². The smallest absolute Gasteiger partial charge is 0.494 e. The van der Waals surface area contributed by atoms with Crippen LogP contribution >= 0.6 is 0 Å². The van der Waals surface area contributed by atoms with E-state index in [0.717, 1.165) is 12.4 Å². The minimum Gasteiger partial charge on any atom is -0.494 e. The second kappa shape index (κ2) is 40.4. The first-order valence-corrected chi connectivity index (χ1v) is 0.947. The molecule has 2 N–H and O–H groups in total. The molecule has 0 atom stereocenters. The first-order chi connectivity index (χ1) is 2.83. The maximum Gasteiger partial charge on any atom is 2.00 e. The summed E-state index contributed by atoms with van der Waals surface area (Å²) in [5.41, 5.74) is 11.0. The number of nitrogens with zero attached hydrogens (tertiary/aromatic N) is 2. The van der Waals surface area contributed by atoms with Crippen molar-refractivity contribution in [2.75, 3.05) is 0 Å². The molecule has 0 radical (unpaired) electrons. The zero-order chi connectivity index (χ0) is 5.41. The number of hydrogen-bond donors (Lipinski definition) is 0. The third-order valence-corrected chi connectivity index (χ3v) is 0. The van der Waals surface area contributed by atoms with Gasteiger partial charge in [-0.05, 0) is 0 Å². The zero-order valence-corrected chi connectivity index (χ0v) is 5.81. The van der Waals surface area contributed by atoms with Gasteiger partial charge in [0.05, 0.1) is 0 Å². The molecule has 0 aromatic heterocycles. The summed E-state index contributed by atoms with van der Waals surface area (Å²) < 4.78 is 0. The van der Waals surface area contributed by atoms with Gasteiger partial charge in [0, 0.05) is 0 Å². The van der Waals surface area contributed by atoms with Gasteiger partial charge in [-0.25, -0.2) is 0 Å². The van der Waals surface area contributed by atoms with E-state index in [-0.39, 0.29) is 37.7 Å². The monoisotopic (exact) mass is 122 g/mol. The van der Waals surface area contributed by atoms with Gasteiger partial charge in [0.15, 0.2) is 0 Å². The number of rotatable bonds is 0. The van der Waals surface area contributed by atoms with Crippen molar-refractivity contribution < 1.29 is 0 Å². The maximum absolute atomic E-state index is 6.99. The van der Waals surface area contributed by atoms with Gasteiger partial charge in [-0.15, -0.1) is 0 Å². The van der Waals surface area contributed by atoms with E-state index >= 15 is 0 Å². The third kappa shape index (κ3) is 3350. The van der Waals surface area contributed by atoms with Crippen LogP contribution in [0.2, 0.25) is 0 Å². The Kier molecular flexibility index (Phi) is 91.3. The Labute approximate surface area is 71.7 Å². The van der Waals surface area contributed by atoms with Crippen molar-refractivity contribution in [3.8, 4) is 12.4 Å². The van der Waals surface area contributed by atoms with Crippen molar-refractivity contribution in [1.29, 1.82) is 10.5 Å². The van der Waals surface area contributed by atoms with Crippen LogP contribution in [0.25, 0.3) is 11.5 Å². The topological polar surface area (TPSA) is 95.2 Å². The van der Waals surface area contributed by atoms with E-state index in [1.165, 1.54) is 0 Å². The molecule has 0 spiro atoms. The van der Waals surface area contributed by atoms with Gasteiger partial charge >= 0.3 is 37.7 Å². The van der Waals surface area contributed by atoms with Crippen LogP contribution in [-0.2, 0) is 0 Å². The fourth-order valence-electron chi connectivity index (χ4n) is 0. The summed E-state index contributed by atoms with van der Waals surface area (Å²) in [6.45, 7) is 0. The summed E-state index contributed by atoms with van der Waals surface area (Å²) >= 11 is 0. The summed E-state index contributed by atoms with van der Waals surface area (Å²) in [5.74, 6) is 0. The standard InChI is InChI=1S/2CHN2.Ca/c2*2-1-3;/h2*2H;/q2*-1;+2. The maximum atomic E-state index is 6.99. The fourth-order valence-corrected chi connectivity index (χ4v) is 0. The van der Waals surface area contributed by atoms with Crippen molar-refractivity contribution in [3.63, 3.8) is 0 Å². The van der Waals surface area contributed by atoms with Crippen LogP contribution in [0.15, 0.2) is 0 Å². The van der Waals surface area contributed by atoms with Crippen LogP contribution in [0.5, 0.6) is 0 Å². The number of nitriles is 2. The molecule has 0 bridgehead atoms. The molecule has 0 saturated carbocycles. The summed E-state index contributed by atoms with van der Waals surface area (Å²) in [6, 6.07) is 0. The molecule has 4 nitrogen and oxygen atoms in total. The van der Waals surface area contributed by atoms with Crippen LogP contribution in [0.3, 0.4) is 0 Å². The predicted octanol–water partition coefficient (Wildman–Crippen LogP) is 0.659. The minimum atomic E-state index is 0. The number of hydrogen-bond acceptors (Lipinski definition) is 2. The summed E-state index contributed by atoms with van der Waals surface area (Å²) in [5, 5.41) is 14.0. The van der Waals surface area contributed by atoms with Crippen LogP contribution in [0, 0.1) is 22.9 Å². The Hall–Kier alpha value is -0.160. The Morgan fingerprint density at radius 3 is 1.00 bits per heavy atom. The number of nitrogens with one attached hydrogen (secondary N) is 2. The van der Waals surface area contributed by atoms with Gasteiger partial charge in [-0.1, -0.05) is 12.4 Å². The van der Waals surface area contributed by atoms with E-state index in [9.17, 15) is 0 Å². The molecule has 0 aromatic carbocycles. The molecule has 7 heavy (non-hydrogen) atoms. The third-order valence-electron chi connectivity index (χ3n) is 0. The minimum absolute atomic E-state index is 0. The van der Waals surface area contributed by atoms with E-state index in [2.05, 4.69) is 0 Å². The Morgan fingerprint density at radius 1 is 1.00 bits per heavy atom. The Morgan fingerprint density at radius 2 is 1.00 bits per heavy atom. The largest absolute Gasteiger partial charge is 2.00 e. The van der Waals surface area contributed by atoms with E-state index < -0.39 is 0 Å². The quantitative estimate of drug-likeness (QED) is 0.348. The summed E-state index contributed by atoms with van der Waals surface area (Å²) in [4.78, 5) is 0. The predicted molar refractivity (Wildman–Crippen MR) is 25.6 cm³/mol. The van der Waals surface area contributed by atoms with Crippen molar-refractivity contribution in [2.45, 2.75) is 0 Å². The van der Waals surface area contributed by atoms with Crippen molar-refractivity contribution >= 4 is 37.7 Å². The van der Waals surface area contributed by atoms with Crippen molar-refractivity contribution in [3.05, 3.63) is 11.5 Å². The van der Waals surface area contributed by atoms with Crippen molar-refractivity contribution in [2.24, 2.45) is 0 Å². The van der Waals surface area contributed by atoms with E-state index in [4.69, 9.17) is 22.0 Å². The molecule has 0 aliphatic carbocycles. The van der Waals surface area contributed by atoms with Gasteiger partial charge in [-0.2, -0.15) is 0 Å². The summed E-state index contributed by atoms with van der Waals surface area (Å²) in [7, 11) is 0. The van der Waals surface area contributed by atoms with Gasteiger partial charge in [-0.3, -0.25) is 0 Å². The molecular formula is C2H2CaN4. The molecule has 0 aromatic rings. The summed E-state index contributed by atoms with van der Waals surface area (Å²) in [6.07, 6.45) is 2.00. The van der Waals surface area contributed by atoms with Gasteiger partial charge < -0.3 is 22.0 Å². The molecule has 32 valence electrons.